The topological polar surface area (TPSA) is 0 Å². The van der Waals surface area contributed by atoms with Crippen molar-refractivity contribution >= 4 is 33.0 Å². The number of hydrogen-bond acceptors (Lipinski definition) is 1. The fourth-order valence-electron chi connectivity index (χ4n) is 1.35. The third-order valence-corrected chi connectivity index (χ3v) is 3.59. The third kappa shape index (κ3) is 1.13. The minimum Gasteiger partial charge on any atom is -0.140 e. The highest BCUT2D eigenvalue weighted by atomic mass is 35.5. The van der Waals surface area contributed by atoms with Gasteiger partial charge in [-0.15, -0.1) is 11.3 Å². The zero-order valence-electron chi connectivity index (χ0n) is 7.02. The van der Waals surface area contributed by atoms with E-state index in [0.29, 0.717) is 0 Å². The number of rotatable bonds is 0. The lowest BCUT2D eigenvalue weighted by Crippen LogP contribution is -1.72. The molecule has 0 unspecified atom stereocenters. The Bertz CT molecular complexity index is 429. The van der Waals surface area contributed by atoms with Gasteiger partial charge in [-0.2, -0.15) is 0 Å². The van der Waals surface area contributed by atoms with Gasteiger partial charge in [0, 0.05) is 14.6 Å². The molecule has 1 aromatic heterocycles. The van der Waals surface area contributed by atoms with Crippen LogP contribution < -0.4 is 0 Å². The van der Waals surface area contributed by atoms with Crippen molar-refractivity contribution in [3.05, 3.63) is 33.7 Å². The summed E-state index contributed by atoms with van der Waals surface area (Å²) in [7, 11) is 0. The van der Waals surface area contributed by atoms with Crippen molar-refractivity contribution in [3.63, 3.8) is 0 Å². The maximum Gasteiger partial charge on any atom is 0.0449 e. The first-order chi connectivity index (χ1) is 5.68. The monoisotopic (exact) mass is 196 g/mol. The lowest BCUT2D eigenvalue weighted by atomic mass is 10.2. The minimum absolute atomic E-state index is 0.865. The predicted octanol–water partition coefficient (Wildman–Crippen LogP) is 4.17. The number of hydrogen-bond donors (Lipinski definition) is 0. The Hall–Kier alpha value is -0.530. The van der Waals surface area contributed by atoms with Gasteiger partial charge in [-0.05, 0) is 36.9 Å². The zero-order chi connectivity index (χ0) is 8.72. The molecule has 1 aromatic carbocycles. The summed E-state index contributed by atoms with van der Waals surface area (Å²) in [6.45, 7) is 4.19. The first-order valence-electron chi connectivity index (χ1n) is 3.84. The molecule has 0 nitrogen and oxygen atoms in total. The van der Waals surface area contributed by atoms with Crippen molar-refractivity contribution in [1.82, 2.24) is 0 Å². The molecule has 0 bridgehead atoms. The SMILES string of the molecule is Cc1cc2ccc(Cl)c(C)c2s1. The molecule has 0 aliphatic carbocycles. The maximum atomic E-state index is 6.00. The smallest absolute Gasteiger partial charge is 0.0449 e. The molecular weight excluding hydrogens is 188 g/mol. The standard InChI is InChI=1S/C10H9ClS/c1-6-5-8-3-4-9(11)7(2)10(8)12-6/h3-5H,1-2H3. The van der Waals surface area contributed by atoms with Crippen LogP contribution in [0.25, 0.3) is 10.1 Å². The molecule has 0 radical (unpaired) electrons. The Morgan fingerprint density at radius 1 is 1.25 bits per heavy atom. The zero-order valence-corrected chi connectivity index (χ0v) is 8.59. The molecule has 2 rings (SSSR count). The van der Waals surface area contributed by atoms with Crippen LogP contribution >= 0.6 is 22.9 Å². The summed E-state index contributed by atoms with van der Waals surface area (Å²) in [5.41, 5.74) is 1.20. The molecule has 62 valence electrons. The van der Waals surface area contributed by atoms with E-state index in [-0.39, 0.29) is 0 Å². The van der Waals surface area contributed by atoms with E-state index in [1.165, 1.54) is 20.5 Å². The normalized spacial score (nSPS) is 10.9. The van der Waals surface area contributed by atoms with Crippen molar-refractivity contribution in [2.45, 2.75) is 13.8 Å². The van der Waals surface area contributed by atoms with Gasteiger partial charge in [-0.1, -0.05) is 17.7 Å². The van der Waals surface area contributed by atoms with Gasteiger partial charge < -0.3 is 0 Å². The first-order valence-corrected chi connectivity index (χ1v) is 5.03. The fraction of sp³-hybridized carbons (Fsp3) is 0.200. The van der Waals surface area contributed by atoms with Gasteiger partial charge in [0.2, 0.25) is 0 Å². The molecule has 0 amide bonds. The maximum absolute atomic E-state index is 6.00. The second kappa shape index (κ2) is 2.75. The van der Waals surface area contributed by atoms with E-state index in [1.54, 1.807) is 0 Å². The van der Waals surface area contributed by atoms with Crippen molar-refractivity contribution in [3.8, 4) is 0 Å². The Morgan fingerprint density at radius 2 is 2.00 bits per heavy atom. The van der Waals surface area contributed by atoms with E-state index in [4.69, 9.17) is 11.6 Å². The van der Waals surface area contributed by atoms with Crippen LogP contribution in [-0.4, -0.2) is 0 Å². The summed E-state index contributed by atoms with van der Waals surface area (Å²) in [5, 5.41) is 2.17. The van der Waals surface area contributed by atoms with Gasteiger partial charge >= 0.3 is 0 Å². The number of thiophene rings is 1. The van der Waals surface area contributed by atoms with Crippen molar-refractivity contribution in [2.24, 2.45) is 0 Å². The minimum atomic E-state index is 0.865. The van der Waals surface area contributed by atoms with Crippen LogP contribution in [0.3, 0.4) is 0 Å². The second-order valence-electron chi connectivity index (χ2n) is 2.95. The summed E-state index contributed by atoms with van der Waals surface area (Å²) in [5.74, 6) is 0. The van der Waals surface area contributed by atoms with E-state index in [0.717, 1.165) is 5.02 Å². The lowest BCUT2D eigenvalue weighted by Gasteiger charge is -1.97. The predicted molar refractivity (Wildman–Crippen MR) is 56.3 cm³/mol. The average molecular weight is 197 g/mol. The van der Waals surface area contributed by atoms with Crippen molar-refractivity contribution < 1.29 is 0 Å². The first kappa shape index (κ1) is 8.09. The van der Waals surface area contributed by atoms with Gasteiger partial charge in [-0.3, -0.25) is 0 Å². The van der Waals surface area contributed by atoms with E-state index >= 15 is 0 Å². The van der Waals surface area contributed by atoms with Crippen LogP contribution in [0.2, 0.25) is 5.02 Å². The Balaban J connectivity index is 2.89. The van der Waals surface area contributed by atoms with Crippen LogP contribution in [0.15, 0.2) is 18.2 Å². The van der Waals surface area contributed by atoms with E-state index in [1.807, 2.05) is 17.4 Å². The van der Waals surface area contributed by atoms with Crippen molar-refractivity contribution in [1.29, 1.82) is 0 Å². The molecule has 0 saturated heterocycles. The third-order valence-electron chi connectivity index (χ3n) is 1.99. The van der Waals surface area contributed by atoms with E-state index in [2.05, 4.69) is 26.0 Å². The Morgan fingerprint density at radius 3 is 2.75 bits per heavy atom. The van der Waals surface area contributed by atoms with E-state index < -0.39 is 0 Å². The highest BCUT2D eigenvalue weighted by Gasteiger charge is 2.03. The van der Waals surface area contributed by atoms with Gasteiger partial charge in [0.15, 0.2) is 0 Å². The number of benzene rings is 1. The average Bonchev–Trinajstić information content (AvgIpc) is 2.39. The van der Waals surface area contributed by atoms with Gasteiger partial charge in [0.1, 0.15) is 0 Å². The van der Waals surface area contributed by atoms with Crippen LogP contribution in [-0.2, 0) is 0 Å². The summed E-state index contributed by atoms with van der Waals surface area (Å²) < 4.78 is 1.32. The van der Waals surface area contributed by atoms with Crippen molar-refractivity contribution in [2.75, 3.05) is 0 Å². The Kier molecular flexibility index (Phi) is 1.85. The van der Waals surface area contributed by atoms with Crippen LogP contribution in [0.4, 0.5) is 0 Å². The molecule has 0 aliphatic heterocycles. The molecule has 0 saturated carbocycles. The van der Waals surface area contributed by atoms with Crippen LogP contribution in [0.5, 0.6) is 0 Å². The Labute approximate surface area is 80.8 Å². The molecule has 1 heterocycles. The summed E-state index contributed by atoms with van der Waals surface area (Å²) in [6, 6.07) is 6.24. The number of halogens is 1. The van der Waals surface area contributed by atoms with Gasteiger partial charge in [0.25, 0.3) is 0 Å². The molecule has 0 aliphatic rings. The quantitative estimate of drug-likeness (QED) is 0.593. The summed E-state index contributed by atoms with van der Waals surface area (Å²) in [6.07, 6.45) is 0. The molecule has 12 heavy (non-hydrogen) atoms. The molecule has 2 heteroatoms. The molecule has 0 spiro atoms. The van der Waals surface area contributed by atoms with E-state index in [9.17, 15) is 0 Å². The second-order valence-corrected chi connectivity index (χ2v) is 4.61. The molecular formula is C10H9ClS. The van der Waals surface area contributed by atoms with Gasteiger partial charge in [0.05, 0.1) is 0 Å². The van der Waals surface area contributed by atoms with Gasteiger partial charge in [-0.25, -0.2) is 0 Å². The summed E-state index contributed by atoms with van der Waals surface area (Å²) >= 11 is 7.81. The molecule has 2 aromatic rings. The lowest BCUT2D eigenvalue weighted by molar-refractivity contribution is 1.56. The fourth-order valence-corrected chi connectivity index (χ4v) is 2.58. The molecule has 0 N–H and O–H groups in total. The highest BCUT2D eigenvalue weighted by molar-refractivity contribution is 7.19. The largest absolute Gasteiger partial charge is 0.140 e. The van der Waals surface area contributed by atoms with Crippen LogP contribution in [0.1, 0.15) is 10.4 Å². The number of fused-ring (bicyclic) bond motifs is 1. The number of aryl methyl sites for hydroxylation is 2. The highest BCUT2D eigenvalue weighted by Crippen LogP contribution is 2.31. The molecule has 0 atom stereocenters. The summed E-state index contributed by atoms with van der Waals surface area (Å²) in [4.78, 5) is 1.34. The molecule has 0 fully saturated rings. The van der Waals surface area contributed by atoms with Crippen LogP contribution in [0, 0.1) is 13.8 Å².